The Morgan fingerprint density at radius 3 is 2.32 bits per heavy atom. The summed E-state index contributed by atoms with van der Waals surface area (Å²) in [7, 11) is 0. The molecule has 0 aromatic heterocycles. The molecule has 1 aromatic rings. The molecule has 0 radical (unpaired) electrons. The monoisotopic (exact) mass is 260 g/mol. The van der Waals surface area contributed by atoms with Gasteiger partial charge in [0.1, 0.15) is 5.54 Å². The molecule has 0 atom stereocenters. The molecule has 3 nitrogen and oxygen atoms in total. The largest absolute Gasteiger partial charge is 0.371 e. The number of hydrogen-bond donors (Lipinski definition) is 2. The molecule has 0 aliphatic heterocycles. The second kappa shape index (κ2) is 5.64. The van der Waals surface area contributed by atoms with Crippen LogP contribution in [0.1, 0.15) is 39.5 Å². The molecular formula is C16H24N2O. The molecule has 104 valence electrons. The standard InChI is InChI=1S/C16H24N2O/c1-12(2)13-8-10-16(11-9-13,15(17)19)18-14-6-4-3-5-7-14/h3-7,12-13,18H,8-11H2,1-2H3,(H2,17,19). The number of primary amides is 1. The number of amides is 1. The average Bonchev–Trinajstić information content (AvgIpc) is 2.40. The van der Waals surface area contributed by atoms with Gasteiger partial charge in [-0.15, -0.1) is 0 Å². The maximum atomic E-state index is 11.9. The number of benzene rings is 1. The van der Waals surface area contributed by atoms with E-state index in [0.717, 1.165) is 31.4 Å². The summed E-state index contributed by atoms with van der Waals surface area (Å²) >= 11 is 0. The Morgan fingerprint density at radius 1 is 1.26 bits per heavy atom. The number of para-hydroxylation sites is 1. The van der Waals surface area contributed by atoms with E-state index < -0.39 is 5.54 Å². The van der Waals surface area contributed by atoms with Gasteiger partial charge in [-0.25, -0.2) is 0 Å². The van der Waals surface area contributed by atoms with Gasteiger partial charge in [-0.1, -0.05) is 32.0 Å². The molecule has 1 saturated carbocycles. The Balaban J connectivity index is 2.11. The first-order chi connectivity index (χ1) is 9.03. The lowest BCUT2D eigenvalue weighted by molar-refractivity contribution is -0.123. The molecule has 1 aliphatic carbocycles. The fourth-order valence-corrected chi connectivity index (χ4v) is 3.03. The summed E-state index contributed by atoms with van der Waals surface area (Å²) in [5.74, 6) is 1.17. The average molecular weight is 260 g/mol. The van der Waals surface area contributed by atoms with Crippen LogP contribution in [0.4, 0.5) is 5.69 Å². The van der Waals surface area contributed by atoms with Crippen LogP contribution in [-0.2, 0) is 4.79 Å². The first-order valence-electron chi connectivity index (χ1n) is 7.17. The maximum Gasteiger partial charge on any atom is 0.243 e. The molecule has 0 bridgehead atoms. The second-order valence-electron chi connectivity index (χ2n) is 6.02. The number of hydrogen-bond acceptors (Lipinski definition) is 2. The highest BCUT2D eigenvalue weighted by atomic mass is 16.1. The zero-order valence-corrected chi connectivity index (χ0v) is 11.9. The molecule has 19 heavy (non-hydrogen) atoms. The lowest BCUT2D eigenvalue weighted by Crippen LogP contribution is -2.53. The number of carbonyl (C=O) groups is 1. The van der Waals surface area contributed by atoms with Crippen LogP contribution >= 0.6 is 0 Å². The molecule has 0 heterocycles. The molecule has 2 rings (SSSR count). The van der Waals surface area contributed by atoms with E-state index in [0.29, 0.717) is 11.8 Å². The summed E-state index contributed by atoms with van der Waals surface area (Å²) in [6, 6.07) is 9.88. The van der Waals surface area contributed by atoms with Crippen molar-refractivity contribution in [1.82, 2.24) is 0 Å². The normalized spacial score (nSPS) is 27.2. The van der Waals surface area contributed by atoms with E-state index >= 15 is 0 Å². The van der Waals surface area contributed by atoms with Gasteiger partial charge in [-0.2, -0.15) is 0 Å². The second-order valence-corrected chi connectivity index (χ2v) is 6.02. The Morgan fingerprint density at radius 2 is 1.84 bits per heavy atom. The van der Waals surface area contributed by atoms with Crippen LogP contribution < -0.4 is 11.1 Å². The number of nitrogens with two attached hydrogens (primary N) is 1. The van der Waals surface area contributed by atoms with Gasteiger partial charge in [0.15, 0.2) is 0 Å². The summed E-state index contributed by atoms with van der Waals surface area (Å²) in [5.41, 5.74) is 6.08. The fraction of sp³-hybridized carbons (Fsp3) is 0.562. The third-order valence-electron chi connectivity index (χ3n) is 4.46. The van der Waals surface area contributed by atoms with Gasteiger partial charge in [0.05, 0.1) is 0 Å². The molecule has 1 aliphatic rings. The van der Waals surface area contributed by atoms with E-state index in [4.69, 9.17) is 5.73 Å². The molecular weight excluding hydrogens is 236 g/mol. The zero-order valence-electron chi connectivity index (χ0n) is 11.9. The molecule has 3 heteroatoms. The third-order valence-corrected chi connectivity index (χ3v) is 4.46. The maximum absolute atomic E-state index is 11.9. The molecule has 1 amide bonds. The van der Waals surface area contributed by atoms with Gasteiger partial charge in [0.25, 0.3) is 0 Å². The third kappa shape index (κ3) is 3.09. The van der Waals surface area contributed by atoms with E-state index in [9.17, 15) is 4.79 Å². The number of anilines is 1. The predicted molar refractivity (Wildman–Crippen MR) is 78.8 cm³/mol. The highest BCUT2D eigenvalue weighted by Gasteiger charge is 2.40. The molecule has 0 unspecified atom stereocenters. The van der Waals surface area contributed by atoms with Crippen molar-refractivity contribution in [3.8, 4) is 0 Å². The van der Waals surface area contributed by atoms with Gasteiger partial charge >= 0.3 is 0 Å². The minimum atomic E-state index is -0.563. The smallest absolute Gasteiger partial charge is 0.243 e. The summed E-state index contributed by atoms with van der Waals surface area (Å²) in [5, 5.41) is 3.38. The highest BCUT2D eigenvalue weighted by molar-refractivity contribution is 5.88. The molecule has 1 aromatic carbocycles. The molecule has 0 saturated heterocycles. The predicted octanol–water partition coefficient (Wildman–Crippen LogP) is 3.17. The lowest BCUT2D eigenvalue weighted by atomic mass is 9.72. The van der Waals surface area contributed by atoms with E-state index in [1.165, 1.54) is 0 Å². The summed E-state index contributed by atoms with van der Waals surface area (Å²) in [6.45, 7) is 4.51. The molecule has 1 fully saturated rings. The van der Waals surface area contributed by atoms with Crippen molar-refractivity contribution in [2.24, 2.45) is 17.6 Å². The topological polar surface area (TPSA) is 55.1 Å². The number of carbonyl (C=O) groups excluding carboxylic acids is 1. The summed E-state index contributed by atoms with van der Waals surface area (Å²) in [4.78, 5) is 11.9. The van der Waals surface area contributed by atoms with Crippen LogP contribution in [0.25, 0.3) is 0 Å². The van der Waals surface area contributed by atoms with Crippen LogP contribution in [0, 0.1) is 11.8 Å². The van der Waals surface area contributed by atoms with Crippen molar-refractivity contribution >= 4 is 11.6 Å². The fourth-order valence-electron chi connectivity index (χ4n) is 3.03. The van der Waals surface area contributed by atoms with E-state index in [-0.39, 0.29) is 5.91 Å². The Labute approximate surface area is 115 Å². The first kappa shape index (κ1) is 13.9. The minimum Gasteiger partial charge on any atom is -0.371 e. The van der Waals surface area contributed by atoms with E-state index in [2.05, 4.69) is 19.2 Å². The molecule has 3 N–H and O–H groups in total. The lowest BCUT2D eigenvalue weighted by Gasteiger charge is -2.40. The van der Waals surface area contributed by atoms with Crippen molar-refractivity contribution < 1.29 is 4.79 Å². The van der Waals surface area contributed by atoms with Crippen LogP contribution in [0.15, 0.2) is 30.3 Å². The Hall–Kier alpha value is -1.51. The molecule has 0 spiro atoms. The van der Waals surface area contributed by atoms with Crippen molar-refractivity contribution in [1.29, 1.82) is 0 Å². The van der Waals surface area contributed by atoms with Crippen LogP contribution in [0.2, 0.25) is 0 Å². The van der Waals surface area contributed by atoms with Crippen LogP contribution in [0.3, 0.4) is 0 Å². The Kier molecular flexibility index (Phi) is 4.13. The summed E-state index contributed by atoms with van der Waals surface area (Å²) in [6.07, 6.45) is 3.81. The number of rotatable bonds is 4. The van der Waals surface area contributed by atoms with E-state index in [1.54, 1.807) is 0 Å². The van der Waals surface area contributed by atoms with E-state index in [1.807, 2.05) is 30.3 Å². The van der Waals surface area contributed by atoms with Crippen molar-refractivity contribution in [3.05, 3.63) is 30.3 Å². The SMILES string of the molecule is CC(C)C1CCC(Nc2ccccc2)(C(N)=O)CC1. The van der Waals surface area contributed by atoms with Gasteiger partial charge in [-0.05, 0) is 49.7 Å². The zero-order chi connectivity index (χ0) is 13.9. The van der Waals surface area contributed by atoms with Crippen molar-refractivity contribution in [2.75, 3.05) is 5.32 Å². The Bertz CT molecular complexity index is 420. The first-order valence-corrected chi connectivity index (χ1v) is 7.17. The minimum absolute atomic E-state index is 0.224. The van der Waals surface area contributed by atoms with Gasteiger partial charge in [-0.3, -0.25) is 4.79 Å². The van der Waals surface area contributed by atoms with Crippen LogP contribution in [0.5, 0.6) is 0 Å². The van der Waals surface area contributed by atoms with Gasteiger partial charge in [0, 0.05) is 5.69 Å². The van der Waals surface area contributed by atoms with Gasteiger partial charge < -0.3 is 11.1 Å². The highest BCUT2D eigenvalue weighted by Crippen LogP contribution is 2.37. The summed E-state index contributed by atoms with van der Waals surface area (Å²) < 4.78 is 0. The van der Waals surface area contributed by atoms with Gasteiger partial charge in [0.2, 0.25) is 5.91 Å². The van der Waals surface area contributed by atoms with Crippen molar-refractivity contribution in [3.63, 3.8) is 0 Å². The van der Waals surface area contributed by atoms with Crippen molar-refractivity contribution in [2.45, 2.75) is 45.1 Å². The quantitative estimate of drug-likeness (QED) is 0.873. The number of nitrogens with one attached hydrogen (secondary N) is 1. The van der Waals surface area contributed by atoms with Crippen LogP contribution in [-0.4, -0.2) is 11.4 Å².